The average molecular weight is 625 g/mol. The molecule has 49 heavy (non-hydrogen) atoms. The van der Waals surface area contributed by atoms with Crippen molar-refractivity contribution in [2.45, 2.75) is 0 Å². The van der Waals surface area contributed by atoms with Gasteiger partial charge in [0.2, 0.25) is 0 Å². The molecule has 0 saturated heterocycles. The Balaban J connectivity index is 1.20. The van der Waals surface area contributed by atoms with Crippen LogP contribution in [0.15, 0.2) is 174 Å². The second-order valence-electron chi connectivity index (χ2n) is 12.9. The molecule has 0 atom stereocenters. The molecular formula is C46H28N2O. The molecule has 0 aliphatic heterocycles. The number of aromatic nitrogens is 2. The van der Waals surface area contributed by atoms with Gasteiger partial charge in [-0.05, 0) is 70.9 Å². The lowest BCUT2D eigenvalue weighted by atomic mass is 10.00. The summed E-state index contributed by atoms with van der Waals surface area (Å²) >= 11 is 0. The minimum Gasteiger partial charge on any atom is -0.456 e. The summed E-state index contributed by atoms with van der Waals surface area (Å²) in [6, 6.07) is 61.5. The minimum atomic E-state index is 0.901. The van der Waals surface area contributed by atoms with Crippen LogP contribution in [0.5, 0.6) is 0 Å². The zero-order valence-electron chi connectivity index (χ0n) is 26.5. The molecule has 3 heterocycles. The summed E-state index contributed by atoms with van der Waals surface area (Å²) in [5.41, 5.74) is 11.2. The lowest BCUT2D eigenvalue weighted by Crippen LogP contribution is -1.96. The lowest BCUT2D eigenvalue weighted by molar-refractivity contribution is 0.669. The summed E-state index contributed by atoms with van der Waals surface area (Å²) in [5, 5.41) is 9.71. The number of hydrogen-bond acceptors (Lipinski definition) is 1. The van der Waals surface area contributed by atoms with Crippen molar-refractivity contribution in [2.24, 2.45) is 0 Å². The third-order valence-electron chi connectivity index (χ3n) is 10.3. The molecule has 8 aromatic carbocycles. The maximum atomic E-state index is 6.22. The third kappa shape index (κ3) is 3.78. The van der Waals surface area contributed by atoms with E-state index in [0.29, 0.717) is 0 Å². The Morgan fingerprint density at radius 2 is 0.980 bits per heavy atom. The molecule has 228 valence electrons. The first-order valence-corrected chi connectivity index (χ1v) is 16.8. The number of hydrogen-bond donors (Lipinski definition) is 0. The van der Waals surface area contributed by atoms with Crippen molar-refractivity contribution in [3.8, 4) is 22.5 Å². The Labute approximate surface area is 281 Å². The minimum absolute atomic E-state index is 0.901. The fourth-order valence-corrected chi connectivity index (χ4v) is 8.10. The van der Waals surface area contributed by atoms with Crippen molar-refractivity contribution in [1.82, 2.24) is 9.13 Å². The van der Waals surface area contributed by atoms with Gasteiger partial charge in [0.25, 0.3) is 0 Å². The molecule has 0 unspecified atom stereocenters. The molecule has 11 aromatic rings. The number of benzene rings is 8. The van der Waals surface area contributed by atoms with Crippen molar-refractivity contribution in [1.29, 1.82) is 0 Å². The van der Waals surface area contributed by atoms with Gasteiger partial charge in [0, 0.05) is 49.3 Å². The summed E-state index contributed by atoms with van der Waals surface area (Å²) < 4.78 is 11.1. The van der Waals surface area contributed by atoms with E-state index in [1.54, 1.807) is 0 Å². The van der Waals surface area contributed by atoms with Crippen LogP contribution in [0.4, 0.5) is 0 Å². The van der Waals surface area contributed by atoms with Crippen LogP contribution >= 0.6 is 0 Å². The van der Waals surface area contributed by atoms with Crippen molar-refractivity contribution in [3.63, 3.8) is 0 Å². The second-order valence-corrected chi connectivity index (χ2v) is 12.9. The first-order chi connectivity index (χ1) is 24.3. The van der Waals surface area contributed by atoms with Gasteiger partial charge < -0.3 is 13.6 Å². The molecule has 0 saturated carbocycles. The van der Waals surface area contributed by atoms with Crippen molar-refractivity contribution in [2.75, 3.05) is 0 Å². The Kier molecular flexibility index (Phi) is 5.38. The second kappa shape index (κ2) is 9.96. The van der Waals surface area contributed by atoms with E-state index in [1.165, 1.54) is 65.5 Å². The van der Waals surface area contributed by atoms with Gasteiger partial charge in [0.05, 0.1) is 22.1 Å². The van der Waals surface area contributed by atoms with Crippen LogP contribution in [-0.2, 0) is 0 Å². The van der Waals surface area contributed by atoms with Gasteiger partial charge in [-0.1, -0.05) is 115 Å². The molecule has 0 aliphatic rings. The molecule has 0 radical (unpaired) electrons. The van der Waals surface area contributed by atoms with Crippen LogP contribution in [0.2, 0.25) is 0 Å². The van der Waals surface area contributed by atoms with Crippen molar-refractivity contribution < 1.29 is 4.42 Å². The molecule has 11 rings (SSSR count). The fraction of sp³-hybridized carbons (Fsp3) is 0. The summed E-state index contributed by atoms with van der Waals surface area (Å²) in [7, 11) is 0. The summed E-state index contributed by atoms with van der Waals surface area (Å²) in [6.07, 6.45) is 0. The SMILES string of the molecule is c1ccc2cc(-n3c4ccccc4c4ccc(-c5cccc6c7ccccc7n(-c7ccc8oc9ccccc9c8c7)c56)cc43)ccc2c1. The van der Waals surface area contributed by atoms with E-state index in [-0.39, 0.29) is 0 Å². The normalized spacial score (nSPS) is 12.1. The highest BCUT2D eigenvalue weighted by Crippen LogP contribution is 2.41. The van der Waals surface area contributed by atoms with Crippen LogP contribution in [0, 0.1) is 0 Å². The lowest BCUT2D eigenvalue weighted by Gasteiger charge is -2.13. The summed E-state index contributed by atoms with van der Waals surface area (Å²) in [6.45, 7) is 0. The quantitative estimate of drug-likeness (QED) is 0.192. The number of furan rings is 1. The predicted octanol–water partition coefficient (Wildman–Crippen LogP) is 12.6. The highest BCUT2D eigenvalue weighted by molar-refractivity contribution is 6.16. The fourth-order valence-electron chi connectivity index (χ4n) is 8.10. The Morgan fingerprint density at radius 3 is 1.86 bits per heavy atom. The number of rotatable bonds is 3. The van der Waals surface area contributed by atoms with Crippen LogP contribution in [0.25, 0.3) is 98.8 Å². The molecular weight excluding hydrogens is 597 g/mol. The highest BCUT2D eigenvalue weighted by Gasteiger charge is 2.19. The standard InChI is InChI=1S/C46H28N2O/c1-2-11-30-26-32(22-20-29(30)10-1)47-41-17-6-3-12-35(41)37-24-21-31(27-43(37)47)34-15-9-16-39-36-13-4-7-18-42(36)48(46(34)39)33-23-25-45-40(28-33)38-14-5-8-19-44(38)49-45/h1-28H. The van der Waals surface area contributed by atoms with E-state index in [1.807, 2.05) is 12.1 Å². The van der Waals surface area contributed by atoms with Gasteiger partial charge >= 0.3 is 0 Å². The monoisotopic (exact) mass is 624 g/mol. The van der Waals surface area contributed by atoms with Gasteiger partial charge in [-0.3, -0.25) is 0 Å². The van der Waals surface area contributed by atoms with Gasteiger partial charge in [-0.15, -0.1) is 0 Å². The summed E-state index contributed by atoms with van der Waals surface area (Å²) in [4.78, 5) is 0. The van der Waals surface area contributed by atoms with Gasteiger partial charge in [-0.25, -0.2) is 0 Å². The van der Waals surface area contributed by atoms with Crippen LogP contribution in [-0.4, -0.2) is 9.13 Å². The molecule has 3 aromatic heterocycles. The molecule has 0 bridgehead atoms. The van der Waals surface area contributed by atoms with Crippen LogP contribution in [0.3, 0.4) is 0 Å². The molecule has 0 N–H and O–H groups in total. The average Bonchev–Trinajstić information content (AvgIpc) is 3.82. The maximum absolute atomic E-state index is 6.22. The van der Waals surface area contributed by atoms with E-state index < -0.39 is 0 Å². The number of fused-ring (bicyclic) bond motifs is 10. The van der Waals surface area contributed by atoms with Crippen molar-refractivity contribution >= 4 is 76.3 Å². The molecule has 0 amide bonds. The van der Waals surface area contributed by atoms with E-state index in [0.717, 1.165) is 33.3 Å². The smallest absolute Gasteiger partial charge is 0.135 e. The largest absolute Gasteiger partial charge is 0.456 e. The van der Waals surface area contributed by atoms with Crippen LogP contribution in [0.1, 0.15) is 0 Å². The first kappa shape index (κ1) is 26.5. The first-order valence-electron chi connectivity index (χ1n) is 16.8. The zero-order valence-corrected chi connectivity index (χ0v) is 26.5. The van der Waals surface area contributed by atoms with E-state index >= 15 is 0 Å². The number of para-hydroxylation sites is 4. The Morgan fingerprint density at radius 1 is 0.347 bits per heavy atom. The van der Waals surface area contributed by atoms with Crippen molar-refractivity contribution in [3.05, 3.63) is 170 Å². The maximum Gasteiger partial charge on any atom is 0.135 e. The zero-order chi connectivity index (χ0) is 32.1. The number of nitrogens with zero attached hydrogens (tertiary/aromatic N) is 2. The Hall–Kier alpha value is -6.58. The molecule has 3 nitrogen and oxygen atoms in total. The molecule has 0 spiro atoms. The predicted molar refractivity (Wildman–Crippen MR) is 205 cm³/mol. The van der Waals surface area contributed by atoms with Gasteiger partial charge in [0.15, 0.2) is 0 Å². The van der Waals surface area contributed by atoms with E-state index in [9.17, 15) is 0 Å². The molecule has 0 fully saturated rings. The molecule has 0 aliphatic carbocycles. The van der Waals surface area contributed by atoms with Gasteiger partial charge in [0.1, 0.15) is 11.2 Å². The van der Waals surface area contributed by atoms with E-state index in [2.05, 4.69) is 167 Å². The van der Waals surface area contributed by atoms with Crippen LogP contribution < -0.4 is 0 Å². The Bertz CT molecular complexity index is 3120. The van der Waals surface area contributed by atoms with Gasteiger partial charge in [-0.2, -0.15) is 0 Å². The van der Waals surface area contributed by atoms with E-state index in [4.69, 9.17) is 4.42 Å². The molecule has 3 heteroatoms. The summed E-state index contributed by atoms with van der Waals surface area (Å²) in [5.74, 6) is 0. The highest BCUT2D eigenvalue weighted by atomic mass is 16.3. The topological polar surface area (TPSA) is 23.0 Å². The third-order valence-corrected chi connectivity index (χ3v) is 10.3.